The Balaban J connectivity index is 1.82. The van der Waals surface area contributed by atoms with Gasteiger partial charge in [0, 0.05) is 12.6 Å². The zero-order chi connectivity index (χ0) is 13.7. The first-order valence-electron chi connectivity index (χ1n) is 8.05. The molecule has 2 aliphatic rings. The van der Waals surface area contributed by atoms with Gasteiger partial charge in [-0.3, -0.25) is 11.3 Å². The van der Waals surface area contributed by atoms with Crippen LogP contribution in [0.4, 0.5) is 0 Å². The van der Waals surface area contributed by atoms with Gasteiger partial charge in [-0.15, -0.1) is 0 Å². The van der Waals surface area contributed by atoms with E-state index in [2.05, 4.69) is 24.2 Å². The average molecular weight is 269 g/mol. The molecule has 2 unspecified atom stereocenters. The number of nitrogens with two attached hydrogens (primary N) is 1. The molecule has 4 nitrogen and oxygen atoms in total. The summed E-state index contributed by atoms with van der Waals surface area (Å²) in [7, 11) is 0. The van der Waals surface area contributed by atoms with E-state index >= 15 is 0 Å². The molecule has 2 rings (SSSR count). The minimum atomic E-state index is 0.229. The lowest BCUT2D eigenvalue weighted by atomic mass is 9.70. The molecule has 4 heteroatoms. The van der Waals surface area contributed by atoms with Crippen LogP contribution >= 0.6 is 0 Å². The number of rotatable bonds is 7. The van der Waals surface area contributed by atoms with Crippen LogP contribution in [-0.2, 0) is 4.74 Å². The third kappa shape index (κ3) is 3.69. The van der Waals surface area contributed by atoms with Crippen LogP contribution in [0.15, 0.2) is 0 Å². The Bertz CT molecular complexity index is 264. The van der Waals surface area contributed by atoms with Crippen LogP contribution in [0.2, 0.25) is 0 Å². The fourth-order valence-corrected chi connectivity index (χ4v) is 3.65. The van der Waals surface area contributed by atoms with Crippen molar-refractivity contribution in [3.8, 4) is 0 Å². The molecule has 1 spiro atoms. The zero-order valence-electron chi connectivity index (χ0n) is 12.7. The predicted molar refractivity (Wildman–Crippen MR) is 78.8 cm³/mol. The molecular formula is C15H31N3O. The van der Waals surface area contributed by atoms with Crippen molar-refractivity contribution in [3.63, 3.8) is 0 Å². The summed E-state index contributed by atoms with van der Waals surface area (Å²) in [6.07, 6.45) is 7.38. The van der Waals surface area contributed by atoms with Gasteiger partial charge in [0.2, 0.25) is 0 Å². The predicted octanol–water partition coefficient (Wildman–Crippen LogP) is 1.90. The van der Waals surface area contributed by atoms with E-state index in [1.807, 2.05) is 0 Å². The normalized spacial score (nSPS) is 27.5. The van der Waals surface area contributed by atoms with Gasteiger partial charge in [-0.05, 0) is 64.1 Å². The molecular weight excluding hydrogens is 238 g/mol. The molecule has 1 saturated heterocycles. The van der Waals surface area contributed by atoms with E-state index < -0.39 is 0 Å². The van der Waals surface area contributed by atoms with Gasteiger partial charge >= 0.3 is 0 Å². The summed E-state index contributed by atoms with van der Waals surface area (Å²) in [5, 5.41) is 0. The molecule has 1 aliphatic carbocycles. The first-order chi connectivity index (χ1) is 9.23. The molecule has 0 aromatic heterocycles. The highest BCUT2D eigenvalue weighted by Gasteiger charge is 2.44. The highest BCUT2D eigenvalue weighted by molar-refractivity contribution is 4.96. The molecule has 112 valence electrons. The Hall–Kier alpha value is -0.160. The van der Waals surface area contributed by atoms with E-state index in [1.165, 1.54) is 25.7 Å². The van der Waals surface area contributed by atoms with Crippen LogP contribution < -0.4 is 11.3 Å². The maximum atomic E-state index is 6.02. The van der Waals surface area contributed by atoms with E-state index in [9.17, 15) is 0 Å². The summed E-state index contributed by atoms with van der Waals surface area (Å²) in [5.74, 6) is 6.50. The van der Waals surface area contributed by atoms with Gasteiger partial charge in [-0.1, -0.05) is 13.8 Å². The van der Waals surface area contributed by atoms with Crippen LogP contribution in [0.25, 0.3) is 0 Å². The van der Waals surface area contributed by atoms with Crippen LogP contribution in [0, 0.1) is 5.92 Å². The van der Waals surface area contributed by atoms with Crippen molar-refractivity contribution < 1.29 is 4.74 Å². The summed E-state index contributed by atoms with van der Waals surface area (Å²) in [4.78, 5) is 2.47. The third-order valence-corrected chi connectivity index (χ3v) is 5.23. The van der Waals surface area contributed by atoms with Crippen molar-refractivity contribution in [3.05, 3.63) is 0 Å². The monoisotopic (exact) mass is 269 g/mol. The Morgan fingerprint density at radius 3 is 2.63 bits per heavy atom. The summed E-state index contributed by atoms with van der Waals surface area (Å²) in [6.45, 7) is 8.79. The van der Waals surface area contributed by atoms with Gasteiger partial charge in [-0.25, -0.2) is 0 Å². The fraction of sp³-hybridized carbons (Fsp3) is 1.00. The van der Waals surface area contributed by atoms with Gasteiger partial charge in [0.1, 0.15) is 0 Å². The van der Waals surface area contributed by atoms with E-state index in [4.69, 9.17) is 10.6 Å². The highest BCUT2D eigenvalue weighted by atomic mass is 16.5. The molecule has 3 N–H and O–H groups in total. The number of nitrogens with one attached hydrogen (secondary N) is 1. The van der Waals surface area contributed by atoms with E-state index in [1.54, 1.807) is 0 Å². The Labute approximate surface area is 118 Å². The molecule has 2 fully saturated rings. The van der Waals surface area contributed by atoms with E-state index in [0.717, 1.165) is 39.1 Å². The molecule has 0 amide bonds. The highest BCUT2D eigenvalue weighted by Crippen LogP contribution is 2.45. The third-order valence-electron chi connectivity index (χ3n) is 5.23. The quantitative estimate of drug-likeness (QED) is 0.547. The van der Waals surface area contributed by atoms with Crippen molar-refractivity contribution in [1.82, 2.24) is 10.3 Å². The van der Waals surface area contributed by atoms with Crippen molar-refractivity contribution >= 4 is 0 Å². The molecule has 0 aromatic rings. The number of hydrogen-bond acceptors (Lipinski definition) is 4. The van der Waals surface area contributed by atoms with Gasteiger partial charge in [0.05, 0.1) is 5.60 Å². The molecule has 1 heterocycles. The molecule has 19 heavy (non-hydrogen) atoms. The fourth-order valence-electron chi connectivity index (χ4n) is 3.65. The van der Waals surface area contributed by atoms with E-state index in [-0.39, 0.29) is 5.60 Å². The van der Waals surface area contributed by atoms with Crippen molar-refractivity contribution in [2.75, 3.05) is 26.2 Å². The minimum Gasteiger partial charge on any atom is -0.375 e. The smallest absolute Gasteiger partial charge is 0.0685 e. The Morgan fingerprint density at radius 2 is 2.11 bits per heavy atom. The molecule has 1 aliphatic heterocycles. The lowest BCUT2D eigenvalue weighted by molar-refractivity contribution is -0.147. The molecule has 1 saturated carbocycles. The van der Waals surface area contributed by atoms with Crippen LogP contribution in [0.3, 0.4) is 0 Å². The number of nitrogens with zero attached hydrogens (tertiary/aromatic N) is 1. The molecule has 0 radical (unpaired) electrons. The number of hydrogen-bond donors (Lipinski definition) is 2. The SMILES string of the molecule is CCN(CC)CCC(NN)C1CCOC2(CCC2)C1. The summed E-state index contributed by atoms with van der Waals surface area (Å²) in [5.41, 5.74) is 3.31. The molecule has 2 atom stereocenters. The lowest BCUT2D eigenvalue weighted by Gasteiger charge is -2.48. The van der Waals surface area contributed by atoms with Gasteiger partial charge in [0.15, 0.2) is 0 Å². The second-order valence-corrected chi connectivity index (χ2v) is 6.23. The van der Waals surface area contributed by atoms with Crippen LogP contribution in [0.5, 0.6) is 0 Å². The first-order valence-corrected chi connectivity index (χ1v) is 8.05. The lowest BCUT2D eigenvalue weighted by Crippen LogP contribution is -2.52. The van der Waals surface area contributed by atoms with Gasteiger partial charge < -0.3 is 9.64 Å². The Morgan fingerprint density at radius 1 is 1.37 bits per heavy atom. The van der Waals surface area contributed by atoms with Crippen molar-refractivity contribution in [2.24, 2.45) is 11.8 Å². The molecule has 0 bridgehead atoms. The maximum Gasteiger partial charge on any atom is 0.0685 e. The average Bonchev–Trinajstić information content (AvgIpc) is 2.42. The van der Waals surface area contributed by atoms with Crippen LogP contribution in [0.1, 0.15) is 52.4 Å². The second-order valence-electron chi connectivity index (χ2n) is 6.23. The number of hydrazine groups is 1. The number of ether oxygens (including phenoxy) is 1. The first kappa shape index (κ1) is 15.2. The summed E-state index contributed by atoms with van der Waals surface area (Å²) in [6, 6.07) is 0.446. The van der Waals surface area contributed by atoms with Gasteiger partial charge in [-0.2, -0.15) is 0 Å². The Kier molecular flexibility index (Phi) is 5.63. The largest absolute Gasteiger partial charge is 0.375 e. The van der Waals surface area contributed by atoms with Crippen molar-refractivity contribution in [1.29, 1.82) is 0 Å². The van der Waals surface area contributed by atoms with Crippen LogP contribution in [-0.4, -0.2) is 42.8 Å². The second kappa shape index (κ2) is 7.02. The standard InChI is InChI=1S/C15H31N3O/c1-3-18(4-2)10-6-14(17-16)13-7-11-19-15(12-13)8-5-9-15/h13-14,17H,3-12,16H2,1-2H3. The maximum absolute atomic E-state index is 6.02. The zero-order valence-corrected chi connectivity index (χ0v) is 12.7. The summed E-state index contributed by atoms with van der Waals surface area (Å²) >= 11 is 0. The molecule has 0 aromatic carbocycles. The van der Waals surface area contributed by atoms with E-state index in [0.29, 0.717) is 12.0 Å². The minimum absolute atomic E-state index is 0.229. The van der Waals surface area contributed by atoms with Crippen molar-refractivity contribution in [2.45, 2.75) is 64.0 Å². The topological polar surface area (TPSA) is 50.5 Å². The summed E-state index contributed by atoms with van der Waals surface area (Å²) < 4.78 is 6.02. The van der Waals surface area contributed by atoms with Gasteiger partial charge in [0.25, 0.3) is 0 Å².